The smallest absolute Gasteiger partial charge is 0.322 e. The molecule has 0 aliphatic carbocycles. The Labute approximate surface area is 159 Å². The Balaban J connectivity index is 1.60. The zero-order chi connectivity index (χ0) is 18.7. The number of hydrogen-bond acceptors (Lipinski definition) is 2. The SMILES string of the molecule is Cc1cc(C(=O)NCCc2ccc(F)c(Br)c2)ccc1N1CCNC1=O. The number of rotatable bonds is 5. The highest BCUT2D eigenvalue weighted by Crippen LogP contribution is 2.23. The van der Waals surface area contributed by atoms with E-state index in [9.17, 15) is 14.0 Å². The van der Waals surface area contributed by atoms with E-state index in [0.717, 1.165) is 16.8 Å². The van der Waals surface area contributed by atoms with Crippen molar-refractivity contribution < 1.29 is 14.0 Å². The van der Waals surface area contributed by atoms with Gasteiger partial charge in [-0.15, -0.1) is 0 Å². The molecule has 1 heterocycles. The number of urea groups is 1. The molecule has 2 aromatic carbocycles. The first-order valence-corrected chi connectivity index (χ1v) is 9.13. The Morgan fingerprint density at radius 1 is 1.31 bits per heavy atom. The number of anilines is 1. The van der Waals surface area contributed by atoms with Gasteiger partial charge in [0, 0.05) is 30.9 Å². The maximum Gasteiger partial charge on any atom is 0.322 e. The molecule has 1 saturated heterocycles. The second kappa shape index (κ2) is 7.86. The topological polar surface area (TPSA) is 61.4 Å². The number of benzene rings is 2. The van der Waals surface area contributed by atoms with Gasteiger partial charge in [-0.05, 0) is 70.7 Å². The van der Waals surface area contributed by atoms with Gasteiger partial charge in [0.1, 0.15) is 5.82 Å². The lowest BCUT2D eigenvalue weighted by atomic mass is 10.1. The molecule has 0 unspecified atom stereocenters. The largest absolute Gasteiger partial charge is 0.352 e. The average molecular weight is 420 g/mol. The molecule has 136 valence electrons. The number of hydrogen-bond donors (Lipinski definition) is 2. The predicted molar refractivity (Wildman–Crippen MR) is 102 cm³/mol. The van der Waals surface area contributed by atoms with Gasteiger partial charge in [-0.2, -0.15) is 0 Å². The zero-order valence-corrected chi connectivity index (χ0v) is 15.9. The molecule has 2 N–H and O–H groups in total. The monoisotopic (exact) mass is 419 g/mol. The molecule has 0 saturated carbocycles. The first kappa shape index (κ1) is 18.4. The minimum Gasteiger partial charge on any atom is -0.352 e. The normalized spacial score (nSPS) is 13.7. The van der Waals surface area contributed by atoms with Crippen molar-refractivity contribution in [1.82, 2.24) is 10.6 Å². The second-order valence-electron chi connectivity index (χ2n) is 6.14. The van der Waals surface area contributed by atoms with Crippen LogP contribution in [0.25, 0.3) is 0 Å². The maximum atomic E-state index is 13.2. The third kappa shape index (κ3) is 4.04. The van der Waals surface area contributed by atoms with Crippen LogP contribution in [0.2, 0.25) is 0 Å². The Bertz CT molecular complexity index is 857. The molecular weight excluding hydrogens is 401 g/mol. The minimum absolute atomic E-state index is 0.115. The Morgan fingerprint density at radius 3 is 2.77 bits per heavy atom. The number of halogens is 2. The van der Waals surface area contributed by atoms with Crippen LogP contribution in [0.3, 0.4) is 0 Å². The third-order valence-electron chi connectivity index (χ3n) is 4.29. The fourth-order valence-electron chi connectivity index (χ4n) is 2.92. The van der Waals surface area contributed by atoms with E-state index in [1.54, 1.807) is 35.2 Å². The van der Waals surface area contributed by atoms with Crippen molar-refractivity contribution in [1.29, 1.82) is 0 Å². The molecule has 0 bridgehead atoms. The van der Waals surface area contributed by atoms with Crippen LogP contribution in [0.1, 0.15) is 21.5 Å². The second-order valence-corrected chi connectivity index (χ2v) is 6.99. The van der Waals surface area contributed by atoms with Crippen molar-refractivity contribution >= 4 is 33.6 Å². The van der Waals surface area contributed by atoms with Crippen molar-refractivity contribution in [3.05, 3.63) is 63.4 Å². The maximum absolute atomic E-state index is 13.2. The molecule has 3 rings (SSSR count). The summed E-state index contributed by atoms with van der Waals surface area (Å²) in [5.41, 5.74) is 3.17. The summed E-state index contributed by atoms with van der Waals surface area (Å²) in [6.45, 7) is 3.58. The summed E-state index contributed by atoms with van der Waals surface area (Å²) in [6.07, 6.45) is 0.607. The highest BCUT2D eigenvalue weighted by molar-refractivity contribution is 9.10. The molecule has 0 atom stereocenters. The number of nitrogens with one attached hydrogen (secondary N) is 2. The van der Waals surface area contributed by atoms with Crippen molar-refractivity contribution in [3.8, 4) is 0 Å². The lowest BCUT2D eigenvalue weighted by Gasteiger charge is -2.17. The van der Waals surface area contributed by atoms with Gasteiger partial charge in [0.25, 0.3) is 5.91 Å². The summed E-state index contributed by atoms with van der Waals surface area (Å²) >= 11 is 3.16. The van der Waals surface area contributed by atoms with Gasteiger partial charge in [-0.25, -0.2) is 9.18 Å². The van der Waals surface area contributed by atoms with Crippen LogP contribution in [-0.4, -0.2) is 31.6 Å². The molecule has 1 aliphatic rings. The third-order valence-corrected chi connectivity index (χ3v) is 4.90. The van der Waals surface area contributed by atoms with E-state index >= 15 is 0 Å². The number of amides is 3. The van der Waals surface area contributed by atoms with Crippen LogP contribution in [0.5, 0.6) is 0 Å². The quantitative estimate of drug-likeness (QED) is 0.779. The van der Waals surface area contributed by atoms with E-state index < -0.39 is 0 Å². The Hall–Kier alpha value is -2.41. The van der Waals surface area contributed by atoms with E-state index in [1.165, 1.54) is 6.07 Å². The molecule has 26 heavy (non-hydrogen) atoms. The van der Waals surface area contributed by atoms with E-state index in [-0.39, 0.29) is 17.8 Å². The summed E-state index contributed by atoms with van der Waals surface area (Å²) in [4.78, 5) is 25.8. The first-order chi connectivity index (χ1) is 12.5. The summed E-state index contributed by atoms with van der Waals surface area (Å²) in [6, 6.07) is 10.00. The number of carbonyl (C=O) groups excluding carboxylic acids is 2. The number of aryl methyl sites for hydroxylation is 1. The lowest BCUT2D eigenvalue weighted by molar-refractivity contribution is 0.0954. The molecule has 2 aromatic rings. The van der Waals surface area contributed by atoms with E-state index in [4.69, 9.17) is 0 Å². The van der Waals surface area contributed by atoms with Crippen LogP contribution in [0.4, 0.5) is 14.9 Å². The highest BCUT2D eigenvalue weighted by Gasteiger charge is 2.22. The van der Waals surface area contributed by atoms with Crippen LogP contribution < -0.4 is 15.5 Å². The van der Waals surface area contributed by atoms with Crippen LogP contribution in [-0.2, 0) is 6.42 Å². The van der Waals surface area contributed by atoms with Gasteiger partial charge >= 0.3 is 6.03 Å². The van der Waals surface area contributed by atoms with Gasteiger partial charge in [-0.1, -0.05) is 6.07 Å². The van der Waals surface area contributed by atoms with Gasteiger partial charge in [0.05, 0.1) is 4.47 Å². The summed E-state index contributed by atoms with van der Waals surface area (Å²) < 4.78 is 13.6. The van der Waals surface area contributed by atoms with Crippen molar-refractivity contribution in [3.63, 3.8) is 0 Å². The fraction of sp³-hybridized carbons (Fsp3) is 0.263. The molecule has 5 nitrogen and oxygen atoms in total. The van der Waals surface area contributed by atoms with Crippen LogP contribution >= 0.6 is 15.9 Å². The van der Waals surface area contributed by atoms with Gasteiger partial charge in [-0.3, -0.25) is 9.69 Å². The number of carbonyl (C=O) groups is 2. The van der Waals surface area contributed by atoms with E-state index in [1.807, 2.05) is 6.92 Å². The average Bonchev–Trinajstić information content (AvgIpc) is 3.03. The molecular formula is C19H19BrFN3O2. The summed E-state index contributed by atoms with van der Waals surface area (Å²) in [5.74, 6) is -0.480. The van der Waals surface area contributed by atoms with Crippen LogP contribution in [0.15, 0.2) is 40.9 Å². The van der Waals surface area contributed by atoms with E-state index in [2.05, 4.69) is 26.6 Å². The van der Waals surface area contributed by atoms with E-state index in [0.29, 0.717) is 36.1 Å². The Kier molecular flexibility index (Phi) is 5.56. The van der Waals surface area contributed by atoms with Gasteiger partial charge < -0.3 is 10.6 Å². The molecule has 1 fully saturated rings. The fourth-order valence-corrected chi connectivity index (χ4v) is 3.34. The standard InChI is InChI=1S/C19H19BrFN3O2/c1-12-10-14(3-5-17(12)24-9-8-23-19(24)26)18(25)22-7-6-13-2-4-16(21)15(20)11-13/h2-5,10-11H,6-9H2,1H3,(H,22,25)(H,23,26). The van der Waals surface area contributed by atoms with Crippen molar-refractivity contribution in [2.45, 2.75) is 13.3 Å². The highest BCUT2D eigenvalue weighted by atomic mass is 79.9. The van der Waals surface area contributed by atoms with Crippen molar-refractivity contribution in [2.24, 2.45) is 0 Å². The van der Waals surface area contributed by atoms with Gasteiger partial charge in [0.15, 0.2) is 0 Å². The van der Waals surface area contributed by atoms with Crippen molar-refractivity contribution in [2.75, 3.05) is 24.5 Å². The number of nitrogens with zero attached hydrogens (tertiary/aromatic N) is 1. The summed E-state index contributed by atoms with van der Waals surface area (Å²) in [5, 5.41) is 5.63. The summed E-state index contributed by atoms with van der Waals surface area (Å²) in [7, 11) is 0. The minimum atomic E-state index is -0.306. The molecule has 0 spiro atoms. The Morgan fingerprint density at radius 2 is 2.12 bits per heavy atom. The predicted octanol–water partition coefficient (Wildman–Crippen LogP) is 3.40. The molecule has 1 aliphatic heterocycles. The molecule has 7 heteroatoms. The van der Waals surface area contributed by atoms with Crippen LogP contribution in [0, 0.1) is 12.7 Å². The van der Waals surface area contributed by atoms with Gasteiger partial charge in [0.2, 0.25) is 0 Å². The lowest BCUT2D eigenvalue weighted by Crippen LogP contribution is -2.29. The molecule has 3 amide bonds. The first-order valence-electron chi connectivity index (χ1n) is 8.34. The zero-order valence-electron chi connectivity index (χ0n) is 14.3. The molecule has 0 radical (unpaired) electrons. The molecule has 0 aromatic heterocycles.